The summed E-state index contributed by atoms with van der Waals surface area (Å²) >= 11 is 0. The van der Waals surface area contributed by atoms with E-state index in [1.54, 1.807) is 0 Å². The molecule has 19 heavy (non-hydrogen) atoms. The summed E-state index contributed by atoms with van der Waals surface area (Å²) in [4.78, 5) is 22.7. The fourth-order valence-electron chi connectivity index (χ4n) is 5.20. The summed E-state index contributed by atoms with van der Waals surface area (Å²) in [5.74, 6) is 1.13. The molecule has 0 heterocycles. The Balaban J connectivity index is 1.63. The van der Waals surface area contributed by atoms with Crippen LogP contribution in [0, 0.1) is 23.2 Å². The van der Waals surface area contributed by atoms with Gasteiger partial charge in [0.25, 0.3) is 0 Å². The van der Waals surface area contributed by atoms with E-state index >= 15 is 0 Å². The quantitative estimate of drug-likeness (QED) is 0.818. The number of aliphatic carboxylic acids is 1. The van der Waals surface area contributed by atoms with Crippen LogP contribution in [-0.2, 0) is 9.59 Å². The Bertz CT molecular complexity index is 369. The van der Waals surface area contributed by atoms with Gasteiger partial charge in [-0.05, 0) is 68.6 Å². The molecule has 4 nitrogen and oxygen atoms in total. The molecule has 0 spiro atoms. The highest BCUT2D eigenvalue weighted by Gasteiger charge is 2.51. The summed E-state index contributed by atoms with van der Waals surface area (Å²) in [6.45, 7) is 1.47. The largest absolute Gasteiger partial charge is 0.548 e. The molecule has 4 saturated carbocycles. The maximum atomic E-state index is 12.0. The normalized spacial score (nSPS) is 41.0. The topological polar surface area (TPSA) is 69.2 Å². The molecule has 4 bridgehead atoms. The second-order valence-electron chi connectivity index (χ2n) is 7.20. The summed E-state index contributed by atoms with van der Waals surface area (Å²) in [7, 11) is 0. The average molecular weight is 264 g/mol. The van der Waals surface area contributed by atoms with Gasteiger partial charge in [-0.1, -0.05) is 0 Å². The van der Waals surface area contributed by atoms with Crippen molar-refractivity contribution >= 4 is 11.9 Å². The van der Waals surface area contributed by atoms with E-state index in [0.29, 0.717) is 6.42 Å². The van der Waals surface area contributed by atoms with Gasteiger partial charge in [-0.3, -0.25) is 4.79 Å². The number of hydrogen-bond donors (Lipinski definition) is 1. The zero-order valence-electron chi connectivity index (χ0n) is 11.5. The number of carbonyl (C=O) groups excluding carboxylic acids is 2. The highest BCUT2D eigenvalue weighted by atomic mass is 16.4. The van der Waals surface area contributed by atoms with Crippen molar-refractivity contribution < 1.29 is 14.7 Å². The summed E-state index contributed by atoms with van der Waals surface area (Å²) < 4.78 is 0. The zero-order chi connectivity index (χ0) is 13.6. The fourth-order valence-corrected chi connectivity index (χ4v) is 5.20. The molecule has 0 unspecified atom stereocenters. The third-order valence-corrected chi connectivity index (χ3v) is 5.43. The van der Waals surface area contributed by atoms with E-state index in [4.69, 9.17) is 0 Å². The first-order chi connectivity index (χ1) is 8.96. The lowest BCUT2D eigenvalue weighted by Gasteiger charge is -2.56. The molecule has 4 aliphatic carbocycles. The van der Waals surface area contributed by atoms with Crippen LogP contribution >= 0.6 is 0 Å². The van der Waals surface area contributed by atoms with Crippen LogP contribution < -0.4 is 10.4 Å². The van der Waals surface area contributed by atoms with E-state index < -0.39 is 12.0 Å². The molecule has 4 aliphatic rings. The standard InChI is InChI=1S/C15H23NO3/c1-9(14(18)19)16-13(17)8-15-5-10-2-11(6-15)4-12(3-10)7-15/h9-12H,2-8H2,1H3,(H,16,17)(H,18,19)/p-1/t9-,10?,11?,12?,15?/m1/s1. The van der Waals surface area contributed by atoms with Crippen molar-refractivity contribution in [3.63, 3.8) is 0 Å². The fraction of sp³-hybridized carbons (Fsp3) is 0.867. The molecule has 0 aromatic rings. The third-order valence-electron chi connectivity index (χ3n) is 5.43. The Labute approximate surface area is 113 Å². The van der Waals surface area contributed by atoms with Gasteiger partial charge >= 0.3 is 0 Å². The van der Waals surface area contributed by atoms with E-state index in [1.165, 1.54) is 45.4 Å². The van der Waals surface area contributed by atoms with Crippen LogP contribution in [0.1, 0.15) is 51.9 Å². The number of carboxylic acids is 1. The molecule has 0 aromatic heterocycles. The molecular formula is C15H22NO3-. The average Bonchev–Trinajstić information content (AvgIpc) is 2.25. The molecule has 4 rings (SSSR count). The third kappa shape index (κ3) is 2.49. The number of rotatable bonds is 4. The van der Waals surface area contributed by atoms with Crippen molar-refractivity contribution in [3.8, 4) is 0 Å². The second kappa shape index (κ2) is 4.50. The van der Waals surface area contributed by atoms with Crippen LogP contribution in [0.5, 0.6) is 0 Å². The predicted octanol–water partition coefficient (Wildman–Crippen LogP) is 0.847. The first-order valence-corrected chi connectivity index (χ1v) is 7.46. The Morgan fingerprint density at radius 1 is 1.16 bits per heavy atom. The number of hydrogen-bond acceptors (Lipinski definition) is 3. The van der Waals surface area contributed by atoms with Gasteiger partial charge < -0.3 is 15.2 Å². The second-order valence-corrected chi connectivity index (χ2v) is 7.20. The molecule has 4 fully saturated rings. The maximum absolute atomic E-state index is 12.0. The molecule has 0 saturated heterocycles. The minimum atomic E-state index is -1.21. The van der Waals surface area contributed by atoms with Crippen molar-refractivity contribution in [1.29, 1.82) is 0 Å². The van der Waals surface area contributed by atoms with Crippen molar-refractivity contribution in [2.24, 2.45) is 23.2 Å². The van der Waals surface area contributed by atoms with Crippen molar-refractivity contribution in [2.75, 3.05) is 0 Å². The van der Waals surface area contributed by atoms with Crippen molar-refractivity contribution in [2.45, 2.75) is 57.9 Å². The number of carbonyl (C=O) groups is 2. The number of carboxylic acid groups (broad SMARTS) is 1. The minimum absolute atomic E-state index is 0.112. The van der Waals surface area contributed by atoms with Crippen molar-refractivity contribution in [3.05, 3.63) is 0 Å². The van der Waals surface area contributed by atoms with Gasteiger partial charge in [-0.25, -0.2) is 0 Å². The molecule has 0 aliphatic heterocycles. The van der Waals surface area contributed by atoms with Gasteiger partial charge in [-0.15, -0.1) is 0 Å². The van der Waals surface area contributed by atoms with Crippen LogP contribution in [0.3, 0.4) is 0 Å². The first-order valence-electron chi connectivity index (χ1n) is 7.46. The highest BCUT2D eigenvalue weighted by Crippen LogP contribution is 2.61. The smallest absolute Gasteiger partial charge is 0.221 e. The molecule has 0 aromatic carbocycles. The van der Waals surface area contributed by atoms with Gasteiger partial charge in [0.15, 0.2) is 0 Å². The molecule has 1 N–H and O–H groups in total. The molecule has 1 amide bonds. The van der Waals surface area contributed by atoms with Gasteiger partial charge in [0.2, 0.25) is 5.91 Å². The van der Waals surface area contributed by atoms with E-state index in [1.807, 2.05) is 0 Å². The Morgan fingerprint density at radius 3 is 2.05 bits per heavy atom. The molecule has 4 heteroatoms. The minimum Gasteiger partial charge on any atom is -0.548 e. The Kier molecular flexibility index (Phi) is 3.06. The van der Waals surface area contributed by atoms with E-state index in [-0.39, 0.29) is 11.3 Å². The monoisotopic (exact) mass is 264 g/mol. The molecular weight excluding hydrogens is 242 g/mol. The Hall–Kier alpha value is -1.06. The molecule has 0 radical (unpaired) electrons. The van der Waals surface area contributed by atoms with Crippen LogP contribution in [0.25, 0.3) is 0 Å². The predicted molar refractivity (Wildman–Crippen MR) is 67.8 cm³/mol. The number of nitrogens with one attached hydrogen (secondary N) is 1. The van der Waals surface area contributed by atoms with Crippen LogP contribution in [0.15, 0.2) is 0 Å². The van der Waals surface area contributed by atoms with Crippen LogP contribution in [-0.4, -0.2) is 17.9 Å². The van der Waals surface area contributed by atoms with Gasteiger partial charge in [-0.2, -0.15) is 0 Å². The van der Waals surface area contributed by atoms with E-state index in [0.717, 1.165) is 17.8 Å². The molecule has 1 atom stereocenters. The van der Waals surface area contributed by atoms with Gasteiger partial charge in [0.05, 0.1) is 12.0 Å². The summed E-state index contributed by atoms with van der Waals surface area (Å²) in [5.41, 5.74) is 0.171. The first kappa shape index (κ1) is 12.9. The summed E-state index contributed by atoms with van der Waals surface area (Å²) in [6.07, 6.45) is 8.10. The lowest BCUT2D eigenvalue weighted by molar-refractivity contribution is -0.307. The van der Waals surface area contributed by atoms with Crippen LogP contribution in [0.4, 0.5) is 0 Å². The maximum Gasteiger partial charge on any atom is 0.221 e. The summed E-state index contributed by atoms with van der Waals surface area (Å²) in [5, 5.41) is 13.2. The summed E-state index contributed by atoms with van der Waals surface area (Å²) in [6, 6.07) is -0.888. The lowest BCUT2D eigenvalue weighted by atomic mass is 9.49. The van der Waals surface area contributed by atoms with Crippen LogP contribution in [0.2, 0.25) is 0 Å². The Morgan fingerprint density at radius 2 is 1.63 bits per heavy atom. The van der Waals surface area contributed by atoms with Gasteiger partial charge in [0.1, 0.15) is 0 Å². The zero-order valence-corrected chi connectivity index (χ0v) is 11.5. The van der Waals surface area contributed by atoms with Crippen molar-refractivity contribution in [1.82, 2.24) is 5.32 Å². The molecule has 106 valence electrons. The van der Waals surface area contributed by atoms with E-state index in [9.17, 15) is 14.7 Å². The van der Waals surface area contributed by atoms with E-state index in [2.05, 4.69) is 5.32 Å². The number of amides is 1. The SMILES string of the molecule is C[C@@H](NC(=O)CC12CC3CC(CC(C3)C1)C2)C(=O)[O-]. The lowest BCUT2D eigenvalue weighted by Crippen LogP contribution is -2.50. The highest BCUT2D eigenvalue weighted by molar-refractivity contribution is 5.82. The van der Waals surface area contributed by atoms with Gasteiger partial charge in [0, 0.05) is 6.42 Å².